The van der Waals surface area contributed by atoms with Crippen LogP contribution in [-0.4, -0.2) is 39.5 Å². The lowest BCUT2D eigenvalue weighted by Gasteiger charge is -2.24. The molecule has 1 aliphatic heterocycles. The minimum absolute atomic E-state index is 0.123. The Balaban J connectivity index is 1.67. The number of aromatic nitrogens is 1. The van der Waals surface area contributed by atoms with Crippen LogP contribution < -0.4 is 0 Å². The van der Waals surface area contributed by atoms with Gasteiger partial charge in [0.15, 0.2) is 0 Å². The molecule has 0 radical (unpaired) electrons. The summed E-state index contributed by atoms with van der Waals surface area (Å²) in [5, 5.41) is 10.5. The number of carboxylic acids is 1. The fraction of sp³-hybridized carbons (Fsp3) is 0.412. The van der Waals surface area contributed by atoms with Crippen molar-refractivity contribution in [3.63, 3.8) is 0 Å². The number of hydrogen-bond acceptors (Lipinski definition) is 2. The van der Waals surface area contributed by atoms with E-state index in [1.807, 2.05) is 24.4 Å². The Kier molecular flexibility index (Phi) is 2.96. The summed E-state index contributed by atoms with van der Waals surface area (Å²) in [5.74, 6) is -0.561. The molecule has 1 aromatic carbocycles. The third-order valence-electron chi connectivity index (χ3n) is 5.20. The van der Waals surface area contributed by atoms with Crippen LogP contribution in [0.15, 0.2) is 30.5 Å². The van der Waals surface area contributed by atoms with Gasteiger partial charge in [0.2, 0.25) is 0 Å². The second-order valence-electron chi connectivity index (χ2n) is 6.38. The fourth-order valence-corrected chi connectivity index (χ4v) is 4.18. The smallest absolute Gasteiger partial charge is 0.326 e. The van der Waals surface area contributed by atoms with Crippen LogP contribution in [0.25, 0.3) is 10.9 Å². The van der Waals surface area contributed by atoms with Crippen LogP contribution in [0.1, 0.15) is 29.6 Å². The maximum atomic E-state index is 12.8. The van der Waals surface area contributed by atoms with E-state index < -0.39 is 12.0 Å². The van der Waals surface area contributed by atoms with Gasteiger partial charge in [0.25, 0.3) is 5.91 Å². The number of fused-ring (bicyclic) bond motifs is 2. The van der Waals surface area contributed by atoms with Crippen molar-refractivity contribution in [2.45, 2.75) is 25.3 Å². The zero-order valence-corrected chi connectivity index (χ0v) is 12.2. The van der Waals surface area contributed by atoms with Crippen molar-refractivity contribution in [1.82, 2.24) is 9.88 Å². The number of carboxylic acid groups (broad SMARTS) is 1. The molecule has 2 heterocycles. The van der Waals surface area contributed by atoms with E-state index in [1.165, 1.54) is 0 Å². The summed E-state index contributed by atoms with van der Waals surface area (Å²) in [6, 6.07) is 6.73. The number of benzene rings is 1. The van der Waals surface area contributed by atoms with Crippen LogP contribution in [0, 0.1) is 11.8 Å². The Labute approximate surface area is 127 Å². The number of carbonyl (C=O) groups is 2. The number of nitrogens with zero attached hydrogens (tertiary/aromatic N) is 1. The molecule has 1 amide bonds. The second-order valence-corrected chi connectivity index (χ2v) is 6.38. The molecule has 4 rings (SSSR count). The highest BCUT2D eigenvalue weighted by molar-refractivity contribution is 6.00. The molecule has 2 fully saturated rings. The van der Waals surface area contributed by atoms with Gasteiger partial charge >= 0.3 is 5.97 Å². The van der Waals surface area contributed by atoms with E-state index in [0.717, 1.165) is 30.2 Å². The molecule has 5 nitrogen and oxygen atoms in total. The number of amides is 1. The molecule has 0 spiro atoms. The zero-order chi connectivity index (χ0) is 15.3. The first-order chi connectivity index (χ1) is 10.6. The SMILES string of the molecule is O=C(O)C1C2CCCC2CN1C(=O)c1ccc2[nH]ccc2c1. The lowest BCUT2D eigenvalue weighted by atomic mass is 9.94. The van der Waals surface area contributed by atoms with Gasteiger partial charge in [-0.25, -0.2) is 4.79 Å². The molecule has 5 heteroatoms. The Morgan fingerprint density at radius 2 is 2.09 bits per heavy atom. The van der Waals surface area contributed by atoms with Gasteiger partial charge in [0, 0.05) is 29.2 Å². The van der Waals surface area contributed by atoms with Crippen LogP contribution in [-0.2, 0) is 4.79 Å². The van der Waals surface area contributed by atoms with E-state index in [0.29, 0.717) is 18.0 Å². The van der Waals surface area contributed by atoms with Crippen molar-refractivity contribution in [1.29, 1.82) is 0 Å². The molecule has 1 saturated heterocycles. The molecule has 22 heavy (non-hydrogen) atoms. The number of hydrogen-bond donors (Lipinski definition) is 2. The average Bonchev–Trinajstić information content (AvgIpc) is 3.19. The minimum atomic E-state index is -0.870. The van der Waals surface area contributed by atoms with E-state index in [2.05, 4.69) is 4.98 Å². The number of rotatable bonds is 2. The van der Waals surface area contributed by atoms with E-state index >= 15 is 0 Å². The van der Waals surface area contributed by atoms with Gasteiger partial charge in [-0.1, -0.05) is 6.42 Å². The minimum Gasteiger partial charge on any atom is -0.480 e. The molecule has 114 valence electrons. The number of aromatic amines is 1. The maximum absolute atomic E-state index is 12.8. The molecule has 2 N–H and O–H groups in total. The Hall–Kier alpha value is -2.30. The van der Waals surface area contributed by atoms with Crippen LogP contribution in [0.3, 0.4) is 0 Å². The van der Waals surface area contributed by atoms with Crippen molar-refractivity contribution in [2.24, 2.45) is 11.8 Å². The van der Waals surface area contributed by atoms with Gasteiger partial charge in [-0.3, -0.25) is 4.79 Å². The molecule has 1 saturated carbocycles. The summed E-state index contributed by atoms with van der Waals surface area (Å²) in [4.78, 5) is 29.1. The Bertz CT molecular complexity index is 751. The molecule has 3 unspecified atom stereocenters. The lowest BCUT2D eigenvalue weighted by molar-refractivity contribution is -0.142. The first-order valence-corrected chi connectivity index (χ1v) is 7.76. The van der Waals surface area contributed by atoms with Gasteiger partial charge in [0.1, 0.15) is 6.04 Å². The first kappa shape index (κ1) is 13.4. The van der Waals surface area contributed by atoms with E-state index in [1.54, 1.807) is 11.0 Å². The number of carbonyl (C=O) groups excluding carboxylic acids is 1. The molecule has 3 atom stereocenters. The Morgan fingerprint density at radius 3 is 2.91 bits per heavy atom. The highest BCUT2D eigenvalue weighted by Crippen LogP contribution is 2.42. The second kappa shape index (κ2) is 4.87. The molecule has 1 aliphatic carbocycles. The quantitative estimate of drug-likeness (QED) is 0.894. The van der Waals surface area contributed by atoms with Crippen LogP contribution >= 0.6 is 0 Å². The van der Waals surface area contributed by atoms with Crippen LogP contribution in [0.5, 0.6) is 0 Å². The molecule has 2 aliphatic rings. The van der Waals surface area contributed by atoms with Crippen LogP contribution in [0.2, 0.25) is 0 Å². The molecular weight excluding hydrogens is 280 g/mol. The monoisotopic (exact) mass is 298 g/mol. The third kappa shape index (κ3) is 1.92. The van der Waals surface area contributed by atoms with E-state index in [-0.39, 0.29) is 11.8 Å². The average molecular weight is 298 g/mol. The first-order valence-electron chi connectivity index (χ1n) is 7.76. The van der Waals surface area contributed by atoms with Gasteiger partial charge in [-0.15, -0.1) is 0 Å². The number of H-pyrrole nitrogens is 1. The van der Waals surface area contributed by atoms with Gasteiger partial charge < -0.3 is 15.0 Å². The van der Waals surface area contributed by atoms with Crippen molar-refractivity contribution < 1.29 is 14.7 Å². The Morgan fingerprint density at radius 1 is 1.23 bits per heavy atom. The molecule has 2 aromatic rings. The summed E-state index contributed by atoms with van der Waals surface area (Å²) < 4.78 is 0. The predicted molar refractivity (Wildman–Crippen MR) is 81.6 cm³/mol. The molecule has 0 bridgehead atoms. The summed E-state index contributed by atoms with van der Waals surface area (Å²) >= 11 is 0. The highest BCUT2D eigenvalue weighted by Gasteiger charge is 2.49. The summed E-state index contributed by atoms with van der Waals surface area (Å²) in [6.07, 6.45) is 4.87. The van der Waals surface area contributed by atoms with Crippen molar-refractivity contribution in [2.75, 3.05) is 6.54 Å². The number of nitrogens with one attached hydrogen (secondary N) is 1. The van der Waals surface area contributed by atoms with E-state index in [4.69, 9.17) is 0 Å². The van der Waals surface area contributed by atoms with Crippen molar-refractivity contribution >= 4 is 22.8 Å². The summed E-state index contributed by atoms with van der Waals surface area (Å²) in [5.41, 5.74) is 1.54. The fourth-order valence-electron chi connectivity index (χ4n) is 4.18. The summed E-state index contributed by atoms with van der Waals surface area (Å²) in [6.45, 7) is 0.575. The zero-order valence-electron chi connectivity index (χ0n) is 12.2. The highest BCUT2D eigenvalue weighted by atomic mass is 16.4. The maximum Gasteiger partial charge on any atom is 0.326 e. The van der Waals surface area contributed by atoms with Gasteiger partial charge in [-0.05, 0) is 48.9 Å². The third-order valence-corrected chi connectivity index (χ3v) is 5.20. The predicted octanol–water partition coefficient (Wildman–Crippen LogP) is 2.49. The standard InChI is InChI=1S/C17H18N2O3/c20-16(11-4-5-14-10(8-11)6-7-18-14)19-9-12-2-1-3-13(12)15(19)17(21)22/h4-8,12-13,15,18H,1-3,9H2,(H,21,22). The van der Waals surface area contributed by atoms with Crippen molar-refractivity contribution in [3.05, 3.63) is 36.0 Å². The lowest BCUT2D eigenvalue weighted by Crippen LogP contribution is -2.43. The van der Waals surface area contributed by atoms with Crippen LogP contribution in [0.4, 0.5) is 0 Å². The van der Waals surface area contributed by atoms with Crippen molar-refractivity contribution in [3.8, 4) is 0 Å². The number of aliphatic carboxylic acids is 1. The largest absolute Gasteiger partial charge is 0.480 e. The normalized spacial score (nSPS) is 27.3. The van der Waals surface area contributed by atoms with Gasteiger partial charge in [0.05, 0.1) is 0 Å². The topological polar surface area (TPSA) is 73.4 Å². The summed E-state index contributed by atoms with van der Waals surface area (Å²) in [7, 11) is 0. The van der Waals surface area contributed by atoms with Gasteiger partial charge in [-0.2, -0.15) is 0 Å². The molecular formula is C17H18N2O3. The molecule has 1 aromatic heterocycles. The number of likely N-dealkylation sites (tertiary alicyclic amines) is 1. The van der Waals surface area contributed by atoms with E-state index in [9.17, 15) is 14.7 Å².